The first-order valence-electron chi connectivity index (χ1n) is 8.65. The van der Waals surface area contributed by atoms with Crippen molar-refractivity contribution in [1.82, 2.24) is 30.3 Å². The Kier molecular flexibility index (Phi) is 4.74. The quantitative estimate of drug-likeness (QED) is 0.514. The minimum atomic E-state index is -0.227. The number of hydrogen-bond donors (Lipinski definition) is 0. The van der Waals surface area contributed by atoms with Gasteiger partial charge < -0.3 is 9.42 Å². The van der Waals surface area contributed by atoms with E-state index in [0.717, 1.165) is 16.1 Å². The van der Waals surface area contributed by atoms with Crippen molar-refractivity contribution in [2.75, 3.05) is 7.05 Å². The van der Waals surface area contributed by atoms with E-state index < -0.39 is 0 Å². The molecule has 1 aromatic carbocycles. The van der Waals surface area contributed by atoms with Gasteiger partial charge in [0.1, 0.15) is 18.3 Å². The van der Waals surface area contributed by atoms with Crippen LogP contribution in [0, 0.1) is 6.92 Å². The van der Waals surface area contributed by atoms with Gasteiger partial charge in [-0.1, -0.05) is 5.16 Å². The van der Waals surface area contributed by atoms with E-state index in [2.05, 4.69) is 39.7 Å². The predicted molar refractivity (Wildman–Crippen MR) is 104 cm³/mol. The zero-order chi connectivity index (χ0) is 19.7. The van der Waals surface area contributed by atoms with E-state index in [1.165, 1.54) is 17.5 Å². The maximum atomic E-state index is 13.2. The van der Waals surface area contributed by atoms with Crippen LogP contribution in [0.2, 0.25) is 0 Å². The average molecular weight is 394 g/mol. The third-order valence-corrected chi connectivity index (χ3v) is 5.64. The summed E-state index contributed by atoms with van der Waals surface area (Å²) in [4.78, 5) is 17.1. The second-order valence-corrected chi connectivity index (χ2v) is 7.74. The smallest absolute Gasteiger partial charge is 0.254 e. The van der Waals surface area contributed by atoms with Gasteiger partial charge in [0, 0.05) is 28.4 Å². The summed E-state index contributed by atoms with van der Waals surface area (Å²) in [5.74, 6) is -0.125. The Morgan fingerprint density at radius 1 is 1.25 bits per heavy atom. The SMILES string of the molecule is Cc1ccc(-c2cc(C(=O)N(C)C(C)c3ccon3)cc(-n3cnnn3)c2)s1. The molecule has 142 valence electrons. The van der Waals surface area contributed by atoms with Crippen molar-refractivity contribution in [3.63, 3.8) is 0 Å². The summed E-state index contributed by atoms with van der Waals surface area (Å²) in [7, 11) is 1.75. The molecule has 0 N–H and O–H groups in total. The van der Waals surface area contributed by atoms with Crippen LogP contribution in [0.15, 0.2) is 53.5 Å². The maximum absolute atomic E-state index is 13.2. The first-order valence-corrected chi connectivity index (χ1v) is 9.47. The molecule has 0 saturated carbocycles. The van der Waals surface area contributed by atoms with Crippen LogP contribution in [0.5, 0.6) is 0 Å². The summed E-state index contributed by atoms with van der Waals surface area (Å²) >= 11 is 1.67. The van der Waals surface area contributed by atoms with Crippen LogP contribution < -0.4 is 0 Å². The van der Waals surface area contributed by atoms with E-state index in [4.69, 9.17) is 4.52 Å². The van der Waals surface area contributed by atoms with Gasteiger partial charge in [0.05, 0.1) is 11.7 Å². The van der Waals surface area contributed by atoms with Gasteiger partial charge in [0.15, 0.2) is 0 Å². The van der Waals surface area contributed by atoms with Crippen LogP contribution in [0.25, 0.3) is 16.1 Å². The highest BCUT2D eigenvalue weighted by Crippen LogP contribution is 2.31. The van der Waals surface area contributed by atoms with E-state index in [1.54, 1.807) is 40.1 Å². The van der Waals surface area contributed by atoms with Gasteiger partial charge in [-0.15, -0.1) is 16.4 Å². The van der Waals surface area contributed by atoms with Gasteiger partial charge in [-0.25, -0.2) is 4.68 Å². The highest BCUT2D eigenvalue weighted by Gasteiger charge is 2.22. The zero-order valence-corrected chi connectivity index (χ0v) is 16.4. The normalized spacial score (nSPS) is 12.1. The Morgan fingerprint density at radius 3 is 2.75 bits per heavy atom. The van der Waals surface area contributed by atoms with Crippen LogP contribution in [0.3, 0.4) is 0 Å². The molecule has 4 rings (SSSR count). The number of amides is 1. The fourth-order valence-corrected chi connectivity index (χ4v) is 3.75. The summed E-state index contributed by atoms with van der Waals surface area (Å²) in [6, 6.07) is 11.3. The molecular weight excluding hydrogens is 376 g/mol. The number of carbonyl (C=O) groups is 1. The van der Waals surface area contributed by atoms with Crippen LogP contribution in [-0.2, 0) is 0 Å². The van der Waals surface area contributed by atoms with E-state index >= 15 is 0 Å². The zero-order valence-electron chi connectivity index (χ0n) is 15.6. The number of benzene rings is 1. The molecule has 0 aliphatic rings. The molecule has 0 saturated heterocycles. The van der Waals surface area contributed by atoms with E-state index in [-0.39, 0.29) is 11.9 Å². The molecule has 3 heterocycles. The van der Waals surface area contributed by atoms with Gasteiger partial charge in [-0.05, 0) is 60.2 Å². The third-order valence-electron chi connectivity index (χ3n) is 4.59. The number of thiophene rings is 1. The second kappa shape index (κ2) is 7.35. The molecule has 8 nitrogen and oxygen atoms in total. The number of aryl methyl sites for hydroxylation is 1. The van der Waals surface area contributed by atoms with Crippen molar-refractivity contribution >= 4 is 17.2 Å². The van der Waals surface area contributed by atoms with Gasteiger partial charge in [0.25, 0.3) is 5.91 Å². The van der Waals surface area contributed by atoms with Crippen LogP contribution in [-0.4, -0.2) is 43.2 Å². The van der Waals surface area contributed by atoms with Gasteiger partial charge in [0.2, 0.25) is 0 Å². The summed E-state index contributed by atoms with van der Waals surface area (Å²) < 4.78 is 6.45. The van der Waals surface area contributed by atoms with Crippen LogP contribution in [0.1, 0.15) is 33.9 Å². The molecule has 0 aliphatic carbocycles. The number of tetrazole rings is 1. The number of carbonyl (C=O) groups excluding carboxylic acids is 1. The van der Waals surface area contributed by atoms with Crippen molar-refractivity contribution in [1.29, 1.82) is 0 Å². The minimum absolute atomic E-state index is 0.125. The maximum Gasteiger partial charge on any atom is 0.254 e. The first-order chi connectivity index (χ1) is 13.5. The van der Waals surface area contributed by atoms with Crippen LogP contribution >= 0.6 is 11.3 Å². The van der Waals surface area contributed by atoms with Crippen molar-refractivity contribution in [3.8, 4) is 16.1 Å². The highest BCUT2D eigenvalue weighted by molar-refractivity contribution is 7.15. The molecule has 0 aliphatic heterocycles. The van der Waals surface area contributed by atoms with Crippen molar-refractivity contribution in [2.24, 2.45) is 0 Å². The minimum Gasteiger partial charge on any atom is -0.364 e. The number of aromatic nitrogens is 5. The molecule has 0 bridgehead atoms. The molecule has 1 amide bonds. The lowest BCUT2D eigenvalue weighted by molar-refractivity contribution is 0.0737. The summed E-state index contributed by atoms with van der Waals surface area (Å²) in [5.41, 5.74) is 2.91. The highest BCUT2D eigenvalue weighted by atomic mass is 32.1. The largest absolute Gasteiger partial charge is 0.364 e. The third kappa shape index (κ3) is 3.44. The molecular formula is C19H18N6O2S. The summed E-state index contributed by atoms with van der Waals surface area (Å²) in [6.45, 7) is 3.96. The van der Waals surface area contributed by atoms with Gasteiger partial charge in [-0.3, -0.25) is 4.79 Å². The molecule has 28 heavy (non-hydrogen) atoms. The van der Waals surface area contributed by atoms with Gasteiger partial charge >= 0.3 is 0 Å². The fraction of sp³-hybridized carbons (Fsp3) is 0.211. The Morgan fingerprint density at radius 2 is 2.11 bits per heavy atom. The van der Waals surface area contributed by atoms with E-state index in [1.807, 2.05) is 19.1 Å². The van der Waals surface area contributed by atoms with E-state index in [0.29, 0.717) is 11.3 Å². The Labute approximate surface area is 165 Å². The first kappa shape index (κ1) is 18.1. The topological polar surface area (TPSA) is 89.9 Å². The molecule has 1 atom stereocenters. The molecule has 1 unspecified atom stereocenters. The Bertz CT molecular complexity index is 1090. The van der Waals surface area contributed by atoms with Crippen molar-refractivity contribution in [2.45, 2.75) is 19.9 Å². The Balaban J connectivity index is 1.75. The summed E-state index contributed by atoms with van der Waals surface area (Å²) in [6.07, 6.45) is 3.01. The molecule has 3 aromatic heterocycles. The molecule has 9 heteroatoms. The summed E-state index contributed by atoms with van der Waals surface area (Å²) in [5, 5.41) is 15.3. The molecule has 0 spiro atoms. The Hall–Kier alpha value is -3.33. The lowest BCUT2D eigenvalue weighted by Gasteiger charge is -2.23. The molecule has 0 radical (unpaired) electrons. The standard InChI is InChI=1S/C19H18N6O2S/c1-12-4-5-18(28-12)14-8-15(10-16(9-14)25-11-20-22-23-25)19(26)24(3)13(2)17-6-7-27-21-17/h4-11,13H,1-3H3. The monoisotopic (exact) mass is 394 g/mol. The van der Waals surface area contributed by atoms with Gasteiger partial charge in [-0.2, -0.15) is 0 Å². The number of nitrogens with zero attached hydrogens (tertiary/aromatic N) is 6. The fourth-order valence-electron chi connectivity index (χ4n) is 2.89. The van der Waals surface area contributed by atoms with Crippen LogP contribution in [0.4, 0.5) is 0 Å². The molecule has 4 aromatic rings. The predicted octanol–water partition coefficient (Wildman–Crippen LogP) is 3.52. The average Bonchev–Trinajstić information content (AvgIpc) is 3.48. The van der Waals surface area contributed by atoms with Crippen molar-refractivity contribution in [3.05, 3.63) is 65.1 Å². The second-order valence-electron chi connectivity index (χ2n) is 6.45. The van der Waals surface area contributed by atoms with Crippen molar-refractivity contribution < 1.29 is 9.32 Å². The molecule has 0 fully saturated rings. The number of rotatable bonds is 5. The van der Waals surface area contributed by atoms with E-state index in [9.17, 15) is 4.79 Å². The lowest BCUT2D eigenvalue weighted by Crippen LogP contribution is -2.30. The lowest BCUT2D eigenvalue weighted by atomic mass is 10.1. The number of hydrogen-bond acceptors (Lipinski definition) is 7.